The number of carbonyl (C=O) groups excluding carboxylic acids is 1. The minimum atomic E-state index is -0.498. The van der Waals surface area contributed by atoms with Gasteiger partial charge in [-0.3, -0.25) is 9.78 Å². The minimum Gasteiger partial charge on any atom is -0.376 e. The van der Waals surface area contributed by atoms with Crippen LogP contribution in [0.5, 0.6) is 0 Å². The van der Waals surface area contributed by atoms with E-state index in [9.17, 15) is 4.79 Å². The Kier molecular flexibility index (Phi) is 2.68. The van der Waals surface area contributed by atoms with Crippen LogP contribution in [0.3, 0.4) is 0 Å². The van der Waals surface area contributed by atoms with Gasteiger partial charge in [-0.15, -0.1) is 0 Å². The lowest BCUT2D eigenvalue weighted by Gasteiger charge is -2.14. The number of ether oxygens (including phenoxy) is 1. The Morgan fingerprint density at radius 3 is 2.73 bits per heavy atom. The molecule has 1 fully saturated rings. The summed E-state index contributed by atoms with van der Waals surface area (Å²) in [5.41, 5.74) is 6.43. The van der Waals surface area contributed by atoms with Crippen molar-refractivity contribution in [2.75, 3.05) is 7.11 Å². The molecule has 15 heavy (non-hydrogen) atoms. The maximum absolute atomic E-state index is 10.8. The van der Waals surface area contributed by atoms with E-state index in [4.69, 9.17) is 10.5 Å². The lowest BCUT2D eigenvalue weighted by atomic mass is 10.1. The van der Waals surface area contributed by atoms with Crippen LogP contribution >= 0.6 is 0 Å². The Hall–Kier alpha value is -1.42. The minimum absolute atomic E-state index is 0.111. The molecule has 0 radical (unpaired) electrons. The summed E-state index contributed by atoms with van der Waals surface area (Å²) in [7, 11) is 1.70. The number of methoxy groups -OCH3 is 1. The van der Waals surface area contributed by atoms with Crippen LogP contribution in [0.25, 0.3) is 0 Å². The predicted octanol–water partition coefficient (Wildman–Crippen LogP) is 1.28. The SMILES string of the molecule is COC(c1ccc(C(N)=O)nc1)C1CC1. The van der Waals surface area contributed by atoms with Crippen molar-refractivity contribution < 1.29 is 9.53 Å². The number of primary amides is 1. The van der Waals surface area contributed by atoms with Crippen molar-refractivity contribution in [3.05, 3.63) is 29.6 Å². The third kappa shape index (κ3) is 2.15. The standard InChI is InChI=1S/C11H14N2O2/c1-15-10(7-2-3-7)8-4-5-9(11(12)14)13-6-8/h4-7,10H,2-3H2,1H3,(H2,12,14). The first kappa shape index (κ1) is 10.1. The van der Waals surface area contributed by atoms with Crippen molar-refractivity contribution in [1.82, 2.24) is 4.98 Å². The van der Waals surface area contributed by atoms with Gasteiger partial charge in [-0.1, -0.05) is 6.07 Å². The van der Waals surface area contributed by atoms with Crippen molar-refractivity contribution in [1.29, 1.82) is 0 Å². The highest BCUT2D eigenvalue weighted by molar-refractivity contribution is 5.90. The molecule has 1 heterocycles. The van der Waals surface area contributed by atoms with E-state index < -0.39 is 5.91 Å². The lowest BCUT2D eigenvalue weighted by Crippen LogP contribution is -2.13. The molecule has 0 bridgehead atoms. The molecule has 4 nitrogen and oxygen atoms in total. The monoisotopic (exact) mass is 206 g/mol. The zero-order valence-corrected chi connectivity index (χ0v) is 8.64. The van der Waals surface area contributed by atoms with Crippen LogP contribution in [-0.4, -0.2) is 18.0 Å². The average Bonchev–Trinajstić information content (AvgIpc) is 3.04. The Balaban J connectivity index is 2.17. The number of nitrogens with two attached hydrogens (primary N) is 1. The quantitative estimate of drug-likeness (QED) is 0.807. The van der Waals surface area contributed by atoms with E-state index in [2.05, 4.69) is 4.98 Å². The average molecular weight is 206 g/mol. The number of carbonyl (C=O) groups is 1. The zero-order valence-electron chi connectivity index (χ0n) is 8.64. The van der Waals surface area contributed by atoms with Crippen molar-refractivity contribution >= 4 is 5.91 Å². The van der Waals surface area contributed by atoms with Crippen LogP contribution in [0.4, 0.5) is 0 Å². The number of hydrogen-bond acceptors (Lipinski definition) is 3. The van der Waals surface area contributed by atoms with Gasteiger partial charge >= 0.3 is 0 Å². The van der Waals surface area contributed by atoms with Gasteiger partial charge in [0.2, 0.25) is 0 Å². The van der Waals surface area contributed by atoms with Crippen molar-refractivity contribution in [3.8, 4) is 0 Å². The largest absolute Gasteiger partial charge is 0.376 e. The number of aromatic nitrogens is 1. The molecule has 4 heteroatoms. The van der Waals surface area contributed by atoms with Gasteiger partial charge < -0.3 is 10.5 Å². The van der Waals surface area contributed by atoms with Crippen LogP contribution in [-0.2, 0) is 4.74 Å². The van der Waals surface area contributed by atoms with E-state index >= 15 is 0 Å². The predicted molar refractivity (Wildman–Crippen MR) is 55.2 cm³/mol. The molecule has 1 atom stereocenters. The Morgan fingerprint density at radius 1 is 1.60 bits per heavy atom. The molecule has 1 amide bonds. The topological polar surface area (TPSA) is 65.2 Å². The fourth-order valence-corrected chi connectivity index (χ4v) is 1.72. The van der Waals surface area contributed by atoms with Crippen molar-refractivity contribution in [3.63, 3.8) is 0 Å². The third-order valence-electron chi connectivity index (χ3n) is 2.67. The maximum Gasteiger partial charge on any atom is 0.267 e. The van der Waals surface area contributed by atoms with E-state index in [0.717, 1.165) is 5.56 Å². The van der Waals surface area contributed by atoms with Gasteiger partial charge in [0.25, 0.3) is 5.91 Å². The molecule has 1 saturated carbocycles. The fourth-order valence-electron chi connectivity index (χ4n) is 1.72. The molecule has 2 rings (SSSR count). The summed E-state index contributed by atoms with van der Waals surface area (Å²) in [4.78, 5) is 14.8. The van der Waals surface area contributed by atoms with E-state index in [-0.39, 0.29) is 6.10 Å². The molecule has 1 unspecified atom stereocenters. The van der Waals surface area contributed by atoms with Crippen LogP contribution in [0.1, 0.15) is 35.0 Å². The first-order chi connectivity index (χ1) is 7.22. The highest BCUT2D eigenvalue weighted by atomic mass is 16.5. The second-order valence-electron chi connectivity index (χ2n) is 3.83. The molecule has 1 aromatic rings. The number of amides is 1. The molecule has 1 aromatic heterocycles. The zero-order chi connectivity index (χ0) is 10.8. The second kappa shape index (κ2) is 3.98. The fraction of sp³-hybridized carbons (Fsp3) is 0.455. The second-order valence-corrected chi connectivity index (χ2v) is 3.83. The molecule has 0 saturated heterocycles. The molecule has 1 aliphatic carbocycles. The Bertz CT molecular complexity index is 357. The first-order valence-corrected chi connectivity index (χ1v) is 5.01. The van der Waals surface area contributed by atoms with E-state index in [1.54, 1.807) is 19.4 Å². The number of rotatable bonds is 4. The van der Waals surface area contributed by atoms with Crippen LogP contribution < -0.4 is 5.73 Å². The summed E-state index contributed by atoms with van der Waals surface area (Å²) >= 11 is 0. The molecule has 80 valence electrons. The Morgan fingerprint density at radius 2 is 2.33 bits per heavy atom. The van der Waals surface area contributed by atoms with Crippen LogP contribution in [0.15, 0.2) is 18.3 Å². The van der Waals surface area contributed by atoms with Crippen molar-refractivity contribution in [2.45, 2.75) is 18.9 Å². The van der Waals surface area contributed by atoms with Crippen molar-refractivity contribution in [2.24, 2.45) is 11.7 Å². The van der Waals surface area contributed by atoms with Gasteiger partial charge in [0.1, 0.15) is 5.69 Å². The normalized spacial score (nSPS) is 17.4. The van der Waals surface area contributed by atoms with Gasteiger partial charge in [0.05, 0.1) is 6.10 Å². The van der Waals surface area contributed by atoms with Gasteiger partial charge in [-0.25, -0.2) is 0 Å². The van der Waals surface area contributed by atoms with E-state index in [1.807, 2.05) is 6.07 Å². The Labute approximate surface area is 88.4 Å². The number of nitrogens with zero attached hydrogens (tertiary/aromatic N) is 1. The van der Waals surface area contributed by atoms with Crippen LogP contribution in [0.2, 0.25) is 0 Å². The highest BCUT2D eigenvalue weighted by Gasteiger charge is 2.32. The van der Waals surface area contributed by atoms with Gasteiger partial charge in [-0.2, -0.15) is 0 Å². The van der Waals surface area contributed by atoms with Gasteiger partial charge in [0, 0.05) is 13.3 Å². The van der Waals surface area contributed by atoms with Gasteiger partial charge in [-0.05, 0) is 30.4 Å². The van der Waals surface area contributed by atoms with E-state index in [1.165, 1.54) is 12.8 Å². The summed E-state index contributed by atoms with van der Waals surface area (Å²) in [6, 6.07) is 3.51. The molecule has 0 aliphatic heterocycles. The number of pyridine rings is 1. The summed E-state index contributed by atoms with van der Waals surface area (Å²) in [6.07, 6.45) is 4.19. The third-order valence-corrected chi connectivity index (χ3v) is 2.67. The molecule has 2 N–H and O–H groups in total. The molecule has 0 spiro atoms. The number of hydrogen-bond donors (Lipinski definition) is 1. The smallest absolute Gasteiger partial charge is 0.267 e. The first-order valence-electron chi connectivity index (χ1n) is 5.01. The van der Waals surface area contributed by atoms with Gasteiger partial charge in [0.15, 0.2) is 0 Å². The summed E-state index contributed by atoms with van der Waals surface area (Å²) in [5.74, 6) is 0.109. The molecule has 1 aliphatic rings. The summed E-state index contributed by atoms with van der Waals surface area (Å²) in [5, 5.41) is 0. The molecular formula is C11H14N2O2. The highest BCUT2D eigenvalue weighted by Crippen LogP contribution is 2.42. The van der Waals surface area contributed by atoms with E-state index in [0.29, 0.717) is 11.6 Å². The lowest BCUT2D eigenvalue weighted by molar-refractivity contribution is 0.0842. The maximum atomic E-state index is 10.8. The summed E-state index contributed by atoms with van der Waals surface area (Å²) in [6.45, 7) is 0. The molecule has 0 aromatic carbocycles. The van der Waals surface area contributed by atoms with Crippen LogP contribution in [0, 0.1) is 5.92 Å². The summed E-state index contributed by atoms with van der Waals surface area (Å²) < 4.78 is 5.40. The molecular weight excluding hydrogens is 192 g/mol.